The van der Waals surface area contributed by atoms with Crippen LogP contribution in [-0.4, -0.2) is 51.5 Å². The quantitative estimate of drug-likeness (QED) is 0.561. The fraction of sp³-hybridized carbons (Fsp3) is 0.440. The number of nitrogens with one attached hydrogen (secondary N) is 1. The molecule has 0 spiro atoms. The van der Waals surface area contributed by atoms with Crippen molar-refractivity contribution in [1.29, 1.82) is 0 Å². The molecular formula is C25H31N5O3. The number of anilines is 1. The van der Waals surface area contributed by atoms with Crippen LogP contribution in [0, 0.1) is 12.8 Å². The highest BCUT2D eigenvalue weighted by Gasteiger charge is 2.26. The van der Waals surface area contributed by atoms with Gasteiger partial charge in [0.05, 0.1) is 23.4 Å². The number of aliphatic hydroxyl groups is 1. The molecule has 0 saturated carbocycles. The van der Waals surface area contributed by atoms with E-state index in [4.69, 9.17) is 0 Å². The highest BCUT2D eigenvalue weighted by molar-refractivity contribution is 5.97. The number of benzene rings is 1. The Bertz CT molecular complexity index is 1170. The van der Waals surface area contributed by atoms with Crippen LogP contribution in [0.2, 0.25) is 0 Å². The molecule has 1 fully saturated rings. The maximum Gasteiger partial charge on any atom is 0.222 e. The summed E-state index contributed by atoms with van der Waals surface area (Å²) in [6.45, 7) is 6.83. The first kappa shape index (κ1) is 22.9. The standard InChI is InChI=1S/C25H31N5O3/c1-16-13-22-27-20(14-21(31)17-5-7-19(8-6-17)25(2,3)33)15-23(30(22)28-16)29-11-9-18(10-12-29)24(32)26-4/h5-8,13,15,18,33H,9-12,14H2,1-4H3,(H,26,32). The van der Waals surface area contributed by atoms with Crippen molar-refractivity contribution >= 4 is 23.2 Å². The number of hydrogen-bond acceptors (Lipinski definition) is 6. The number of hydrogen-bond donors (Lipinski definition) is 2. The lowest BCUT2D eigenvalue weighted by atomic mass is 9.95. The Morgan fingerprint density at radius 1 is 1.15 bits per heavy atom. The van der Waals surface area contributed by atoms with E-state index in [1.165, 1.54) is 0 Å². The first-order valence-electron chi connectivity index (χ1n) is 11.3. The summed E-state index contributed by atoms with van der Waals surface area (Å²) >= 11 is 0. The van der Waals surface area contributed by atoms with Gasteiger partial charge < -0.3 is 15.3 Å². The third kappa shape index (κ3) is 4.90. The maximum atomic E-state index is 13.0. The van der Waals surface area contributed by atoms with Crippen LogP contribution in [0.3, 0.4) is 0 Å². The Kier molecular flexibility index (Phi) is 6.21. The van der Waals surface area contributed by atoms with Gasteiger partial charge in [0.1, 0.15) is 5.82 Å². The highest BCUT2D eigenvalue weighted by Crippen LogP contribution is 2.26. The van der Waals surface area contributed by atoms with Gasteiger partial charge in [0.15, 0.2) is 11.4 Å². The molecule has 0 bridgehead atoms. The summed E-state index contributed by atoms with van der Waals surface area (Å²) in [5.41, 5.74) is 2.64. The number of carbonyl (C=O) groups excluding carboxylic acids is 2. The van der Waals surface area contributed by atoms with Crippen molar-refractivity contribution in [3.8, 4) is 0 Å². The molecule has 1 aliphatic rings. The van der Waals surface area contributed by atoms with Gasteiger partial charge in [-0.05, 0) is 39.2 Å². The zero-order valence-electron chi connectivity index (χ0n) is 19.6. The number of rotatable bonds is 6. The molecule has 4 rings (SSSR count). The Morgan fingerprint density at radius 2 is 1.82 bits per heavy atom. The topological polar surface area (TPSA) is 99.8 Å². The Labute approximate surface area is 193 Å². The molecule has 8 heteroatoms. The summed E-state index contributed by atoms with van der Waals surface area (Å²) in [6.07, 6.45) is 1.71. The van der Waals surface area contributed by atoms with Gasteiger partial charge in [0.25, 0.3) is 0 Å². The fourth-order valence-corrected chi connectivity index (χ4v) is 4.34. The van der Waals surface area contributed by atoms with Crippen molar-refractivity contribution < 1.29 is 14.7 Å². The third-order valence-corrected chi connectivity index (χ3v) is 6.27. The average Bonchev–Trinajstić information content (AvgIpc) is 3.17. The van der Waals surface area contributed by atoms with Gasteiger partial charge >= 0.3 is 0 Å². The Hall–Kier alpha value is -3.26. The van der Waals surface area contributed by atoms with Crippen LogP contribution in [0.5, 0.6) is 0 Å². The van der Waals surface area contributed by atoms with Crippen molar-refractivity contribution in [3.63, 3.8) is 0 Å². The summed E-state index contributed by atoms with van der Waals surface area (Å²) in [4.78, 5) is 31.9. The number of aryl methyl sites for hydroxylation is 1. The summed E-state index contributed by atoms with van der Waals surface area (Å²) in [5.74, 6) is 0.973. The molecular weight excluding hydrogens is 418 g/mol. The van der Waals surface area contributed by atoms with Crippen LogP contribution in [0.25, 0.3) is 5.65 Å². The lowest BCUT2D eigenvalue weighted by Crippen LogP contribution is -2.40. The molecule has 33 heavy (non-hydrogen) atoms. The molecule has 0 unspecified atom stereocenters. The lowest BCUT2D eigenvalue weighted by molar-refractivity contribution is -0.125. The number of aromatic nitrogens is 3. The largest absolute Gasteiger partial charge is 0.386 e. The maximum absolute atomic E-state index is 13.0. The molecule has 3 aromatic rings. The van der Waals surface area contributed by atoms with Crippen molar-refractivity contribution in [2.75, 3.05) is 25.0 Å². The average molecular weight is 450 g/mol. The number of nitrogens with zero attached hydrogens (tertiary/aromatic N) is 4. The van der Waals surface area contributed by atoms with E-state index in [9.17, 15) is 14.7 Å². The van der Waals surface area contributed by atoms with Crippen molar-refractivity contribution in [1.82, 2.24) is 19.9 Å². The minimum absolute atomic E-state index is 0.0239. The smallest absolute Gasteiger partial charge is 0.222 e. The number of Topliss-reactive ketones (excluding diaryl/α,β-unsaturated/α-hetero) is 1. The molecule has 8 nitrogen and oxygen atoms in total. The van der Waals surface area contributed by atoms with Crippen LogP contribution < -0.4 is 10.2 Å². The minimum Gasteiger partial charge on any atom is -0.386 e. The molecule has 0 radical (unpaired) electrons. The molecule has 1 saturated heterocycles. The molecule has 2 N–H and O–H groups in total. The number of amides is 1. The van der Waals surface area contributed by atoms with Crippen molar-refractivity contribution in [2.45, 2.75) is 45.6 Å². The van der Waals surface area contributed by atoms with E-state index in [2.05, 4.69) is 20.3 Å². The fourth-order valence-electron chi connectivity index (χ4n) is 4.34. The van der Waals surface area contributed by atoms with Gasteiger partial charge in [0.2, 0.25) is 5.91 Å². The number of ketones is 1. The van der Waals surface area contributed by atoms with E-state index in [1.54, 1.807) is 45.2 Å². The Balaban J connectivity index is 1.58. The minimum atomic E-state index is -0.950. The molecule has 3 heterocycles. The van der Waals surface area contributed by atoms with E-state index >= 15 is 0 Å². The molecule has 0 atom stereocenters. The first-order valence-corrected chi connectivity index (χ1v) is 11.3. The van der Waals surface area contributed by atoms with E-state index in [0.717, 1.165) is 43.0 Å². The first-order chi connectivity index (χ1) is 15.7. The van der Waals surface area contributed by atoms with E-state index in [-0.39, 0.29) is 24.0 Å². The predicted octanol–water partition coefficient (Wildman–Crippen LogP) is 2.65. The van der Waals surface area contributed by atoms with Crippen LogP contribution in [0.15, 0.2) is 36.4 Å². The van der Waals surface area contributed by atoms with Crippen molar-refractivity contribution in [2.24, 2.45) is 5.92 Å². The lowest BCUT2D eigenvalue weighted by Gasteiger charge is -2.32. The Morgan fingerprint density at radius 3 is 2.42 bits per heavy atom. The van der Waals surface area contributed by atoms with E-state index in [1.807, 2.05) is 23.6 Å². The zero-order chi connectivity index (χ0) is 23.8. The van der Waals surface area contributed by atoms with E-state index < -0.39 is 5.60 Å². The molecule has 174 valence electrons. The SMILES string of the molecule is CNC(=O)C1CCN(c2cc(CC(=O)c3ccc(C(C)(C)O)cc3)nc3cc(C)nn23)CC1. The van der Waals surface area contributed by atoms with Gasteiger partial charge in [-0.15, -0.1) is 0 Å². The third-order valence-electron chi connectivity index (χ3n) is 6.27. The summed E-state index contributed by atoms with van der Waals surface area (Å²) in [6, 6.07) is 10.9. The second-order valence-electron chi connectivity index (χ2n) is 9.27. The van der Waals surface area contributed by atoms with Crippen LogP contribution in [-0.2, 0) is 16.8 Å². The van der Waals surface area contributed by atoms with Gasteiger partial charge in [-0.2, -0.15) is 9.61 Å². The van der Waals surface area contributed by atoms with Crippen LogP contribution >= 0.6 is 0 Å². The molecule has 0 aliphatic carbocycles. The van der Waals surface area contributed by atoms with Gasteiger partial charge in [-0.1, -0.05) is 24.3 Å². The number of fused-ring (bicyclic) bond motifs is 1. The van der Waals surface area contributed by atoms with Gasteiger partial charge in [0, 0.05) is 43.8 Å². The molecule has 2 aromatic heterocycles. The van der Waals surface area contributed by atoms with Gasteiger partial charge in [-0.3, -0.25) is 9.59 Å². The summed E-state index contributed by atoms with van der Waals surface area (Å²) in [5, 5.41) is 17.5. The van der Waals surface area contributed by atoms with E-state index in [0.29, 0.717) is 16.9 Å². The van der Waals surface area contributed by atoms with Crippen LogP contribution in [0.4, 0.5) is 5.82 Å². The number of carbonyl (C=O) groups is 2. The second-order valence-corrected chi connectivity index (χ2v) is 9.27. The summed E-state index contributed by atoms with van der Waals surface area (Å²) in [7, 11) is 1.68. The zero-order valence-corrected chi connectivity index (χ0v) is 19.6. The molecule has 1 amide bonds. The normalized spacial score (nSPS) is 15.1. The van der Waals surface area contributed by atoms with Crippen LogP contribution in [0.1, 0.15) is 54.0 Å². The second kappa shape index (κ2) is 8.94. The summed E-state index contributed by atoms with van der Waals surface area (Å²) < 4.78 is 1.82. The highest BCUT2D eigenvalue weighted by atomic mass is 16.3. The van der Waals surface area contributed by atoms with Gasteiger partial charge in [-0.25, -0.2) is 4.98 Å². The number of piperidine rings is 1. The molecule has 1 aliphatic heterocycles. The predicted molar refractivity (Wildman–Crippen MR) is 126 cm³/mol. The monoisotopic (exact) mass is 449 g/mol. The van der Waals surface area contributed by atoms with Crippen molar-refractivity contribution in [3.05, 3.63) is 58.9 Å². The molecule has 1 aromatic carbocycles.